The number of aromatic carboxylic acids is 1. The van der Waals surface area contributed by atoms with E-state index in [0.717, 1.165) is 6.54 Å². The summed E-state index contributed by atoms with van der Waals surface area (Å²) < 4.78 is 0.868. The third-order valence-corrected chi connectivity index (χ3v) is 6.11. The standard InChI is InChI=1S/C15H20BrNO2S/c1-20-15(8-3-2-4-9-15)10-17-12-7-5-6-11(16)13(12)14(18)19/h5-7,17H,2-4,8-10H2,1H3,(H,18,19). The highest BCUT2D eigenvalue weighted by Crippen LogP contribution is 2.39. The van der Waals surface area contributed by atoms with Crippen molar-refractivity contribution in [3.63, 3.8) is 0 Å². The lowest BCUT2D eigenvalue weighted by atomic mass is 9.88. The first-order valence-electron chi connectivity index (χ1n) is 6.89. The summed E-state index contributed by atoms with van der Waals surface area (Å²) in [7, 11) is 0. The van der Waals surface area contributed by atoms with Gasteiger partial charge in [-0.2, -0.15) is 11.8 Å². The van der Waals surface area contributed by atoms with Gasteiger partial charge < -0.3 is 10.4 Å². The van der Waals surface area contributed by atoms with E-state index in [1.807, 2.05) is 23.9 Å². The fourth-order valence-electron chi connectivity index (χ4n) is 2.79. The van der Waals surface area contributed by atoms with Crippen LogP contribution in [-0.4, -0.2) is 28.6 Å². The van der Waals surface area contributed by atoms with Crippen molar-refractivity contribution in [1.82, 2.24) is 0 Å². The maximum atomic E-state index is 11.4. The van der Waals surface area contributed by atoms with Gasteiger partial charge in [-0.3, -0.25) is 0 Å². The number of anilines is 1. The van der Waals surface area contributed by atoms with Crippen LogP contribution in [0.15, 0.2) is 22.7 Å². The minimum Gasteiger partial charge on any atom is -0.478 e. The van der Waals surface area contributed by atoms with Gasteiger partial charge in [-0.15, -0.1) is 0 Å². The molecule has 0 aliphatic heterocycles. The molecule has 2 rings (SSSR count). The molecular weight excluding hydrogens is 338 g/mol. The van der Waals surface area contributed by atoms with E-state index in [-0.39, 0.29) is 4.75 Å². The second-order valence-corrected chi connectivity index (χ2v) is 7.40. The number of hydrogen-bond acceptors (Lipinski definition) is 3. The summed E-state index contributed by atoms with van der Waals surface area (Å²) in [4.78, 5) is 11.4. The van der Waals surface area contributed by atoms with Crippen molar-refractivity contribution in [2.24, 2.45) is 0 Å². The van der Waals surface area contributed by atoms with Gasteiger partial charge >= 0.3 is 5.97 Å². The van der Waals surface area contributed by atoms with E-state index < -0.39 is 5.97 Å². The topological polar surface area (TPSA) is 49.3 Å². The number of halogens is 1. The van der Waals surface area contributed by atoms with Crippen LogP contribution in [-0.2, 0) is 0 Å². The van der Waals surface area contributed by atoms with Crippen molar-refractivity contribution >= 4 is 39.3 Å². The van der Waals surface area contributed by atoms with Gasteiger partial charge in [0.25, 0.3) is 0 Å². The number of hydrogen-bond donors (Lipinski definition) is 2. The molecule has 3 nitrogen and oxygen atoms in total. The predicted molar refractivity (Wildman–Crippen MR) is 88.9 cm³/mol. The van der Waals surface area contributed by atoms with E-state index in [1.165, 1.54) is 32.1 Å². The fraction of sp³-hybridized carbons (Fsp3) is 0.533. The Labute approximate surface area is 132 Å². The molecule has 0 radical (unpaired) electrons. The highest BCUT2D eigenvalue weighted by atomic mass is 79.9. The summed E-state index contributed by atoms with van der Waals surface area (Å²) in [5, 5.41) is 12.7. The van der Waals surface area contributed by atoms with E-state index in [1.54, 1.807) is 6.07 Å². The molecule has 1 aromatic rings. The second-order valence-electron chi connectivity index (χ2n) is 5.27. The molecule has 0 amide bonds. The van der Waals surface area contributed by atoms with Gasteiger partial charge in [0.05, 0.1) is 5.56 Å². The molecule has 5 heteroatoms. The first-order chi connectivity index (χ1) is 9.58. The van der Waals surface area contributed by atoms with Crippen LogP contribution >= 0.6 is 27.7 Å². The van der Waals surface area contributed by atoms with Crippen LogP contribution in [0.5, 0.6) is 0 Å². The zero-order valence-electron chi connectivity index (χ0n) is 11.6. The molecule has 0 unspecified atom stereocenters. The van der Waals surface area contributed by atoms with Gasteiger partial charge in [-0.25, -0.2) is 4.79 Å². The number of rotatable bonds is 5. The molecule has 0 saturated heterocycles. The predicted octanol–water partition coefficient (Wildman–Crippen LogP) is 4.63. The molecule has 0 aromatic heterocycles. The number of benzene rings is 1. The molecule has 1 aliphatic carbocycles. The third kappa shape index (κ3) is 3.50. The molecule has 0 bridgehead atoms. The number of carboxylic acids is 1. The maximum absolute atomic E-state index is 11.4. The summed E-state index contributed by atoms with van der Waals surface area (Å²) in [6, 6.07) is 5.47. The zero-order chi connectivity index (χ0) is 14.6. The SMILES string of the molecule is CSC1(CNc2cccc(Br)c2C(=O)O)CCCCC1. The zero-order valence-corrected chi connectivity index (χ0v) is 14.0. The molecular formula is C15H20BrNO2S. The number of thioether (sulfide) groups is 1. The highest BCUT2D eigenvalue weighted by molar-refractivity contribution is 9.10. The van der Waals surface area contributed by atoms with Crippen molar-refractivity contribution in [1.29, 1.82) is 0 Å². The summed E-state index contributed by atoms with van der Waals surface area (Å²) >= 11 is 5.23. The first-order valence-corrected chi connectivity index (χ1v) is 8.91. The van der Waals surface area contributed by atoms with Gasteiger partial charge in [0.2, 0.25) is 0 Å². The fourth-order valence-corrected chi connectivity index (χ4v) is 4.24. The lowest BCUT2D eigenvalue weighted by molar-refractivity contribution is 0.0697. The first kappa shape index (κ1) is 15.7. The van der Waals surface area contributed by atoms with Gasteiger partial charge in [0.1, 0.15) is 0 Å². The van der Waals surface area contributed by atoms with E-state index in [9.17, 15) is 9.90 Å². The van der Waals surface area contributed by atoms with Crippen molar-refractivity contribution in [2.45, 2.75) is 36.9 Å². The van der Waals surface area contributed by atoms with E-state index >= 15 is 0 Å². The van der Waals surface area contributed by atoms with E-state index in [2.05, 4.69) is 27.5 Å². The number of carboxylic acid groups (broad SMARTS) is 1. The molecule has 1 aromatic carbocycles. The number of nitrogens with one attached hydrogen (secondary N) is 1. The summed E-state index contributed by atoms with van der Waals surface area (Å²) in [5.74, 6) is -0.901. The normalized spacial score (nSPS) is 17.7. The number of carbonyl (C=O) groups is 1. The molecule has 1 fully saturated rings. The Morgan fingerprint density at radius 1 is 1.40 bits per heavy atom. The smallest absolute Gasteiger partial charge is 0.338 e. The Bertz CT molecular complexity index is 487. The Kier molecular flexibility index (Phi) is 5.38. The molecule has 0 atom stereocenters. The van der Waals surface area contributed by atoms with Crippen LogP contribution in [0.3, 0.4) is 0 Å². The quantitative estimate of drug-likeness (QED) is 0.806. The van der Waals surface area contributed by atoms with Crippen molar-refractivity contribution < 1.29 is 9.90 Å². The second kappa shape index (κ2) is 6.85. The summed E-state index contributed by atoms with van der Waals surface area (Å²) in [5.41, 5.74) is 1.02. The van der Waals surface area contributed by atoms with Crippen molar-refractivity contribution in [3.8, 4) is 0 Å². The molecule has 110 valence electrons. The van der Waals surface area contributed by atoms with Crippen molar-refractivity contribution in [3.05, 3.63) is 28.2 Å². The van der Waals surface area contributed by atoms with Gasteiger partial charge in [0.15, 0.2) is 0 Å². The Balaban J connectivity index is 2.14. The average Bonchev–Trinajstić information content (AvgIpc) is 2.45. The molecule has 20 heavy (non-hydrogen) atoms. The lowest BCUT2D eigenvalue weighted by Gasteiger charge is -2.36. The average molecular weight is 358 g/mol. The minimum absolute atomic E-state index is 0.246. The highest BCUT2D eigenvalue weighted by Gasteiger charge is 2.31. The largest absolute Gasteiger partial charge is 0.478 e. The van der Waals surface area contributed by atoms with Crippen LogP contribution in [0.25, 0.3) is 0 Å². The van der Waals surface area contributed by atoms with E-state index in [4.69, 9.17) is 0 Å². The summed E-state index contributed by atoms with van der Waals surface area (Å²) in [6.07, 6.45) is 8.43. The van der Waals surface area contributed by atoms with Gasteiger partial charge in [-0.1, -0.05) is 25.3 Å². The third-order valence-electron chi connectivity index (χ3n) is 4.03. The minimum atomic E-state index is -0.901. The molecule has 0 spiro atoms. The Morgan fingerprint density at radius 2 is 2.10 bits per heavy atom. The lowest BCUT2D eigenvalue weighted by Crippen LogP contribution is -2.35. The Morgan fingerprint density at radius 3 is 2.70 bits per heavy atom. The molecule has 0 heterocycles. The van der Waals surface area contributed by atoms with Crippen LogP contribution in [0.1, 0.15) is 42.5 Å². The van der Waals surface area contributed by atoms with Crippen molar-refractivity contribution in [2.75, 3.05) is 18.1 Å². The molecule has 2 N–H and O–H groups in total. The maximum Gasteiger partial charge on any atom is 0.338 e. The Hall–Kier alpha value is -0.680. The monoisotopic (exact) mass is 357 g/mol. The van der Waals surface area contributed by atoms with E-state index in [0.29, 0.717) is 15.7 Å². The van der Waals surface area contributed by atoms with Crippen LogP contribution < -0.4 is 5.32 Å². The van der Waals surface area contributed by atoms with Gasteiger partial charge in [0, 0.05) is 21.5 Å². The van der Waals surface area contributed by atoms with Crippen LogP contribution in [0, 0.1) is 0 Å². The van der Waals surface area contributed by atoms with Crippen LogP contribution in [0.2, 0.25) is 0 Å². The molecule has 1 saturated carbocycles. The summed E-state index contributed by atoms with van der Waals surface area (Å²) in [6.45, 7) is 0.824. The molecule has 1 aliphatic rings. The van der Waals surface area contributed by atoms with Crippen LogP contribution in [0.4, 0.5) is 5.69 Å². The van der Waals surface area contributed by atoms with Gasteiger partial charge in [-0.05, 0) is 47.2 Å².